The number of fused-ring (bicyclic) bond motifs is 1. The molecule has 0 aromatic heterocycles. The van der Waals surface area contributed by atoms with E-state index in [0.29, 0.717) is 6.42 Å². The van der Waals surface area contributed by atoms with Crippen molar-refractivity contribution in [2.75, 3.05) is 4.90 Å². The van der Waals surface area contributed by atoms with Gasteiger partial charge in [0.1, 0.15) is 0 Å². The first kappa shape index (κ1) is 19.6. The van der Waals surface area contributed by atoms with Gasteiger partial charge < -0.3 is 0 Å². The molecular weight excluding hydrogens is 400 g/mol. The largest absolute Gasteiger partial charge is 0.273 e. The van der Waals surface area contributed by atoms with Crippen molar-refractivity contribution >= 4 is 45.0 Å². The fourth-order valence-corrected chi connectivity index (χ4v) is 5.07. The van der Waals surface area contributed by atoms with Crippen LogP contribution in [0.5, 0.6) is 0 Å². The SMILES string of the molecule is Cc1ccc(N=C2SC(Cc3cccc4ccccc34)C(=O)N2c2ccccc2)cc1. The summed E-state index contributed by atoms with van der Waals surface area (Å²) in [5, 5.41) is 2.91. The van der Waals surface area contributed by atoms with Gasteiger partial charge in [-0.2, -0.15) is 0 Å². The van der Waals surface area contributed by atoms with Gasteiger partial charge in [0.05, 0.1) is 16.6 Å². The number of hydrogen-bond acceptors (Lipinski definition) is 3. The molecule has 0 aliphatic carbocycles. The number of aliphatic imine (C=N–C) groups is 1. The zero-order valence-electron chi connectivity index (χ0n) is 17.2. The van der Waals surface area contributed by atoms with Crippen LogP contribution in [-0.4, -0.2) is 16.3 Å². The summed E-state index contributed by atoms with van der Waals surface area (Å²) in [7, 11) is 0. The summed E-state index contributed by atoms with van der Waals surface area (Å²) in [4.78, 5) is 20.1. The van der Waals surface area contributed by atoms with E-state index in [2.05, 4.69) is 43.3 Å². The normalized spacial score (nSPS) is 17.6. The van der Waals surface area contributed by atoms with Crippen LogP contribution in [0.2, 0.25) is 0 Å². The highest BCUT2D eigenvalue weighted by atomic mass is 32.2. The topological polar surface area (TPSA) is 32.7 Å². The number of para-hydroxylation sites is 1. The molecule has 4 aromatic carbocycles. The molecule has 152 valence electrons. The van der Waals surface area contributed by atoms with E-state index in [9.17, 15) is 4.79 Å². The third kappa shape index (κ3) is 3.99. The predicted molar refractivity (Wildman–Crippen MR) is 131 cm³/mol. The van der Waals surface area contributed by atoms with E-state index in [0.717, 1.165) is 16.5 Å². The molecule has 4 aromatic rings. The minimum absolute atomic E-state index is 0.0787. The van der Waals surface area contributed by atoms with Crippen LogP contribution in [0, 0.1) is 6.92 Å². The predicted octanol–water partition coefficient (Wildman–Crippen LogP) is 6.53. The molecule has 0 bridgehead atoms. The molecule has 0 saturated carbocycles. The molecule has 5 rings (SSSR count). The van der Waals surface area contributed by atoms with Gasteiger partial charge in [0, 0.05) is 0 Å². The summed E-state index contributed by atoms with van der Waals surface area (Å²) < 4.78 is 0. The second-order valence-electron chi connectivity index (χ2n) is 7.69. The molecular formula is C27H22N2OS. The van der Waals surface area contributed by atoms with Gasteiger partial charge in [0.25, 0.3) is 0 Å². The van der Waals surface area contributed by atoms with E-state index in [1.54, 1.807) is 16.7 Å². The number of nitrogens with zero attached hydrogens (tertiary/aromatic N) is 2. The third-order valence-corrected chi connectivity index (χ3v) is 6.63. The van der Waals surface area contributed by atoms with Crippen LogP contribution in [0.15, 0.2) is 102 Å². The molecule has 1 saturated heterocycles. The average Bonchev–Trinajstić information content (AvgIpc) is 3.10. The van der Waals surface area contributed by atoms with Crippen molar-refractivity contribution in [2.45, 2.75) is 18.6 Å². The highest BCUT2D eigenvalue weighted by molar-refractivity contribution is 8.16. The Bertz CT molecular complexity index is 1260. The Balaban J connectivity index is 1.52. The number of thioether (sulfide) groups is 1. The van der Waals surface area contributed by atoms with Crippen LogP contribution >= 0.6 is 11.8 Å². The smallest absolute Gasteiger partial charge is 0.247 e. The van der Waals surface area contributed by atoms with Crippen molar-refractivity contribution in [1.29, 1.82) is 0 Å². The standard InChI is InChI=1S/C27H22N2OS/c1-19-14-16-22(17-15-19)28-27-29(23-11-3-2-4-12-23)26(30)25(31-27)18-21-10-7-9-20-8-5-6-13-24(20)21/h2-17,25H,18H2,1H3. The van der Waals surface area contributed by atoms with E-state index >= 15 is 0 Å². The van der Waals surface area contributed by atoms with Crippen LogP contribution in [0.1, 0.15) is 11.1 Å². The summed E-state index contributed by atoms with van der Waals surface area (Å²) in [6.45, 7) is 2.06. The van der Waals surface area contributed by atoms with E-state index in [4.69, 9.17) is 4.99 Å². The zero-order chi connectivity index (χ0) is 21.2. The first-order valence-electron chi connectivity index (χ1n) is 10.4. The highest BCUT2D eigenvalue weighted by Gasteiger charge is 2.39. The zero-order valence-corrected chi connectivity index (χ0v) is 18.0. The lowest BCUT2D eigenvalue weighted by Gasteiger charge is -2.16. The number of hydrogen-bond donors (Lipinski definition) is 0. The van der Waals surface area contributed by atoms with Crippen molar-refractivity contribution in [3.63, 3.8) is 0 Å². The summed E-state index contributed by atoms with van der Waals surface area (Å²) in [6.07, 6.45) is 0.668. The Morgan fingerprint density at radius 2 is 1.55 bits per heavy atom. The third-order valence-electron chi connectivity index (χ3n) is 5.49. The van der Waals surface area contributed by atoms with Crippen molar-refractivity contribution in [3.05, 3.63) is 108 Å². The lowest BCUT2D eigenvalue weighted by Crippen LogP contribution is -2.32. The second-order valence-corrected chi connectivity index (χ2v) is 8.86. The molecule has 31 heavy (non-hydrogen) atoms. The van der Waals surface area contributed by atoms with Gasteiger partial charge in [-0.25, -0.2) is 4.99 Å². The Morgan fingerprint density at radius 3 is 2.35 bits per heavy atom. The molecule has 0 radical (unpaired) electrons. The fraction of sp³-hybridized carbons (Fsp3) is 0.111. The van der Waals surface area contributed by atoms with Crippen molar-refractivity contribution in [2.24, 2.45) is 4.99 Å². The molecule has 0 N–H and O–H groups in total. The first-order valence-corrected chi connectivity index (χ1v) is 11.2. The van der Waals surface area contributed by atoms with Crippen molar-refractivity contribution in [1.82, 2.24) is 0 Å². The van der Waals surface area contributed by atoms with Crippen LogP contribution in [-0.2, 0) is 11.2 Å². The molecule has 3 nitrogen and oxygen atoms in total. The molecule has 1 aliphatic heterocycles. The van der Waals surface area contributed by atoms with Crippen molar-refractivity contribution < 1.29 is 4.79 Å². The van der Waals surface area contributed by atoms with Gasteiger partial charge in [-0.05, 0) is 53.9 Å². The van der Waals surface area contributed by atoms with Crippen LogP contribution in [0.4, 0.5) is 11.4 Å². The van der Waals surface area contributed by atoms with Gasteiger partial charge in [-0.1, -0.05) is 90.1 Å². The second kappa shape index (κ2) is 8.40. The minimum Gasteiger partial charge on any atom is -0.273 e. The number of carbonyl (C=O) groups is 1. The molecule has 1 fully saturated rings. The lowest BCUT2D eigenvalue weighted by atomic mass is 10.0. The maximum atomic E-state index is 13.5. The van der Waals surface area contributed by atoms with Crippen LogP contribution in [0.25, 0.3) is 10.8 Å². The molecule has 1 atom stereocenters. The van der Waals surface area contributed by atoms with Crippen LogP contribution in [0.3, 0.4) is 0 Å². The number of amidine groups is 1. The highest BCUT2D eigenvalue weighted by Crippen LogP contribution is 2.36. The van der Waals surface area contributed by atoms with E-state index in [1.807, 2.05) is 60.7 Å². The molecule has 0 spiro atoms. The van der Waals surface area contributed by atoms with E-state index in [1.165, 1.54) is 21.9 Å². The fourth-order valence-electron chi connectivity index (χ4n) is 3.89. The average molecular weight is 423 g/mol. The van der Waals surface area contributed by atoms with Crippen molar-refractivity contribution in [3.8, 4) is 0 Å². The summed E-state index contributed by atoms with van der Waals surface area (Å²) in [6, 6.07) is 32.5. The number of aryl methyl sites for hydroxylation is 1. The maximum Gasteiger partial charge on any atom is 0.247 e. The Labute approximate surface area is 186 Å². The van der Waals surface area contributed by atoms with Gasteiger partial charge in [0.2, 0.25) is 5.91 Å². The number of rotatable bonds is 4. The summed E-state index contributed by atoms with van der Waals surface area (Å²) >= 11 is 1.55. The molecule has 1 amide bonds. The van der Waals surface area contributed by atoms with Gasteiger partial charge >= 0.3 is 0 Å². The Morgan fingerprint density at radius 1 is 0.839 bits per heavy atom. The quantitative estimate of drug-likeness (QED) is 0.375. The van der Waals surface area contributed by atoms with Gasteiger partial charge in [-0.15, -0.1) is 0 Å². The monoisotopic (exact) mass is 422 g/mol. The number of carbonyl (C=O) groups excluding carboxylic acids is 1. The van der Waals surface area contributed by atoms with Gasteiger partial charge in [-0.3, -0.25) is 9.69 Å². The number of anilines is 1. The summed E-state index contributed by atoms with van der Waals surface area (Å²) in [5.74, 6) is 0.0787. The lowest BCUT2D eigenvalue weighted by molar-refractivity contribution is -0.116. The Kier molecular flexibility index (Phi) is 5.31. The Hall–Kier alpha value is -3.37. The van der Waals surface area contributed by atoms with Crippen LogP contribution < -0.4 is 4.90 Å². The molecule has 1 unspecified atom stereocenters. The minimum atomic E-state index is -0.213. The summed E-state index contributed by atoms with van der Waals surface area (Å²) in [5.41, 5.74) is 4.08. The maximum absolute atomic E-state index is 13.5. The molecule has 4 heteroatoms. The molecule has 1 aliphatic rings. The number of amides is 1. The molecule has 1 heterocycles. The van der Waals surface area contributed by atoms with Gasteiger partial charge in [0.15, 0.2) is 5.17 Å². The van der Waals surface area contributed by atoms with E-state index < -0.39 is 0 Å². The number of benzene rings is 4. The van der Waals surface area contributed by atoms with E-state index in [-0.39, 0.29) is 11.2 Å². The first-order chi connectivity index (χ1) is 15.2.